The number of ether oxygens (including phenoxy) is 1. The van der Waals surface area contributed by atoms with Crippen molar-refractivity contribution in [1.29, 1.82) is 0 Å². The summed E-state index contributed by atoms with van der Waals surface area (Å²) in [4.78, 5) is 22.3. The van der Waals surface area contributed by atoms with Crippen LogP contribution >= 0.6 is 0 Å². The molecule has 0 aromatic heterocycles. The third-order valence-corrected chi connectivity index (χ3v) is 1.62. The molecule has 94 valence electrons. The van der Waals surface area contributed by atoms with Gasteiger partial charge in [-0.3, -0.25) is 9.59 Å². The number of carbonyl (C=O) groups excluding carboxylic acids is 2. The van der Waals surface area contributed by atoms with Crippen molar-refractivity contribution >= 4 is 11.8 Å². The first kappa shape index (κ1) is 14.9. The lowest BCUT2D eigenvalue weighted by molar-refractivity contribution is -0.125. The molecule has 0 heterocycles. The van der Waals surface area contributed by atoms with Crippen LogP contribution < -0.4 is 16.4 Å². The van der Waals surface area contributed by atoms with E-state index in [2.05, 4.69) is 10.6 Å². The minimum Gasteiger partial charge on any atom is -0.370 e. The van der Waals surface area contributed by atoms with Crippen LogP contribution in [0.1, 0.15) is 20.3 Å². The van der Waals surface area contributed by atoms with Crippen molar-refractivity contribution in [3.63, 3.8) is 0 Å². The molecule has 0 bridgehead atoms. The first-order valence-corrected chi connectivity index (χ1v) is 5.40. The van der Waals surface area contributed by atoms with Crippen LogP contribution in [0.3, 0.4) is 0 Å². The van der Waals surface area contributed by atoms with Gasteiger partial charge in [0, 0.05) is 25.6 Å². The summed E-state index contributed by atoms with van der Waals surface area (Å²) in [5.41, 5.74) is 5.19. The molecule has 0 radical (unpaired) electrons. The Hall–Kier alpha value is -1.14. The highest BCUT2D eigenvalue weighted by molar-refractivity contribution is 5.79. The van der Waals surface area contributed by atoms with Crippen molar-refractivity contribution in [2.75, 3.05) is 26.3 Å². The molecule has 0 spiro atoms. The summed E-state index contributed by atoms with van der Waals surface area (Å²) >= 11 is 0. The van der Waals surface area contributed by atoms with Gasteiger partial charge >= 0.3 is 0 Å². The molecular weight excluding hydrogens is 210 g/mol. The molecule has 6 heteroatoms. The van der Waals surface area contributed by atoms with E-state index in [0.29, 0.717) is 19.7 Å². The molecule has 0 aliphatic rings. The number of rotatable bonds is 8. The summed E-state index contributed by atoms with van der Waals surface area (Å²) in [6.45, 7) is 4.84. The fourth-order valence-corrected chi connectivity index (χ4v) is 1.01. The fraction of sp³-hybridized carbons (Fsp3) is 0.800. The van der Waals surface area contributed by atoms with Crippen LogP contribution in [0.2, 0.25) is 0 Å². The second-order valence-electron chi connectivity index (χ2n) is 3.66. The lowest BCUT2D eigenvalue weighted by Gasteiger charge is -2.08. The van der Waals surface area contributed by atoms with Crippen molar-refractivity contribution in [3.8, 4) is 0 Å². The Balaban J connectivity index is 3.43. The number of hydrogen-bond acceptors (Lipinski definition) is 4. The van der Waals surface area contributed by atoms with Gasteiger partial charge in [0.05, 0.1) is 6.61 Å². The Morgan fingerprint density at radius 1 is 1.31 bits per heavy atom. The maximum Gasteiger partial charge on any atom is 0.246 e. The first-order chi connectivity index (χ1) is 7.56. The summed E-state index contributed by atoms with van der Waals surface area (Å²) in [7, 11) is 0. The van der Waals surface area contributed by atoms with Gasteiger partial charge in [-0.2, -0.15) is 0 Å². The van der Waals surface area contributed by atoms with Gasteiger partial charge in [-0.1, -0.05) is 0 Å². The summed E-state index contributed by atoms with van der Waals surface area (Å²) in [5.74, 6) is -0.302. The summed E-state index contributed by atoms with van der Waals surface area (Å²) < 4.78 is 4.93. The second kappa shape index (κ2) is 9.11. The lowest BCUT2D eigenvalue weighted by atomic mass is 10.3. The van der Waals surface area contributed by atoms with Crippen LogP contribution in [0.5, 0.6) is 0 Å². The SMILES string of the molecule is CC(C)NC(=O)CCNC(=O)COCCN. The number of hydrogen-bond donors (Lipinski definition) is 3. The molecule has 0 aliphatic carbocycles. The van der Waals surface area contributed by atoms with Gasteiger partial charge in [0.15, 0.2) is 0 Å². The van der Waals surface area contributed by atoms with Crippen molar-refractivity contribution in [1.82, 2.24) is 10.6 Å². The van der Waals surface area contributed by atoms with Crippen LogP contribution in [0.25, 0.3) is 0 Å². The van der Waals surface area contributed by atoms with E-state index in [9.17, 15) is 9.59 Å². The van der Waals surface area contributed by atoms with Crippen LogP contribution in [0.15, 0.2) is 0 Å². The molecule has 2 amide bonds. The number of nitrogens with two attached hydrogens (primary N) is 1. The highest BCUT2D eigenvalue weighted by atomic mass is 16.5. The van der Waals surface area contributed by atoms with Crippen LogP contribution in [-0.4, -0.2) is 44.2 Å². The minimum absolute atomic E-state index is 0.0109. The van der Waals surface area contributed by atoms with E-state index < -0.39 is 0 Å². The third kappa shape index (κ3) is 9.42. The van der Waals surface area contributed by atoms with E-state index in [1.165, 1.54) is 0 Å². The Bertz CT molecular complexity index is 219. The highest BCUT2D eigenvalue weighted by Gasteiger charge is 2.04. The second-order valence-corrected chi connectivity index (χ2v) is 3.66. The Morgan fingerprint density at radius 3 is 2.56 bits per heavy atom. The van der Waals surface area contributed by atoms with Gasteiger partial charge in [0.2, 0.25) is 11.8 Å². The first-order valence-electron chi connectivity index (χ1n) is 5.40. The van der Waals surface area contributed by atoms with Gasteiger partial charge in [-0.25, -0.2) is 0 Å². The zero-order chi connectivity index (χ0) is 12.4. The molecule has 6 nitrogen and oxygen atoms in total. The van der Waals surface area contributed by atoms with Crippen molar-refractivity contribution in [3.05, 3.63) is 0 Å². The quantitative estimate of drug-likeness (QED) is 0.467. The van der Waals surface area contributed by atoms with Gasteiger partial charge in [0.25, 0.3) is 0 Å². The predicted molar refractivity (Wildman–Crippen MR) is 60.8 cm³/mol. The average Bonchev–Trinajstić information content (AvgIpc) is 2.17. The molecule has 0 saturated carbocycles. The summed E-state index contributed by atoms with van der Waals surface area (Å²) in [6.07, 6.45) is 0.279. The zero-order valence-electron chi connectivity index (χ0n) is 9.91. The molecule has 0 saturated heterocycles. The monoisotopic (exact) mass is 231 g/mol. The molecule has 0 atom stereocenters. The maximum absolute atomic E-state index is 11.2. The Morgan fingerprint density at radius 2 is 2.00 bits per heavy atom. The van der Waals surface area contributed by atoms with E-state index >= 15 is 0 Å². The molecule has 0 fully saturated rings. The van der Waals surface area contributed by atoms with E-state index in [1.54, 1.807) is 0 Å². The van der Waals surface area contributed by atoms with Gasteiger partial charge in [-0.15, -0.1) is 0 Å². The largest absolute Gasteiger partial charge is 0.370 e. The summed E-state index contributed by atoms with van der Waals surface area (Å²) in [5, 5.41) is 5.31. The van der Waals surface area contributed by atoms with E-state index in [4.69, 9.17) is 10.5 Å². The molecule has 0 aliphatic heterocycles. The van der Waals surface area contributed by atoms with E-state index in [0.717, 1.165) is 0 Å². The Kier molecular flexibility index (Phi) is 8.46. The van der Waals surface area contributed by atoms with Gasteiger partial charge in [0.1, 0.15) is 6.61 Å². The molecule has 0 unspecified atom stereocenters. The van der Waals surface area contributed by atoms with Gasteiger partial charge in [-0.05, 0) is 13.8 Å². The summed E-state index contributed by atoms with van der Waals surface area (Å²) in [6, 6.07) is 0.121. The van der Waals surface area contributed by atoms with Crippen molar-refractivity contribution in [2.24, 2.45) is 5.73 Å². The number of carbonyl (C=O) groups is 2. The average molecular weight is 231 g/mol. The van der Waals surface area contributed by atoms with Crippen molar-refractivity contribution in [2.45, 2.75) is 26.3 Å². The molecular formula is C10H21N3O3. The molecule has 0 aromatic rings. The van der Waals surface area contributed by atoms with Crippen LogP contribution in [0, 0.1) is 0 Å². The standard InChI is InChI=1S/C10H21N3O3/c1-8(2)13-9(14)3-5-12-10(15)7-16-6-4-11/h8H,3-7,11H2,1-2H3,(H,12,15)(H,13,14). The third-order valence-electron chi connectivity index (χ3n) is 1.62. The molecule has 0 aromatic carbocycles. The van der Waals surface area contributed by atoms with Crippen molar-refractivity contribution < 1.29 is 14.3 Å². The molecule has 4 N–H and O–H groups in total. The lowest BCUT2D eigenvalue weighted by Crippen LogP contribution is -2.35. The number of nitrogens with one attached hydrogen (secondary N) is 2. The predicted octanol–water partition coefficient (Wildman–Crippen LogP) is -1.01. The molecule has 16 heavy (non-hydrogen) atoms. The Labute approximate surface area is 95.9 Å². The normalized spacial score (nSPS) is 10.2. The fourth-order valence-electron chi connectivity index (χ4n) is 1.01. The van der Waals surface area contributed by atoms with Gasteiger partial charge < -0.3 is 21.1 Å². The topological polar surface area (TPSA) is 93.5 Å². The van der Waals surface area contributed by atoms with E-state index in [-0.39, 0.29) is 30.9 Å². The maximum atomic E-state index is 11.2. The van der Waals surface area contributed by atoms with E-state index in [1.807, 2.05) is 13.8 Å². The van der Waals surface area contributed by atoms with Crippen LogP contribution in [0.4, 0.5) is 0 Å². The highest BCUT2D eigenvalue weighted by Crippen LogP contribution is 1.82. The minimum atomic E-state index is -0.231. The number of amides is 2. The molecule has 0 rings (SSSR count). The zero-order valence-corrected chi connectivity index (χ0v) is 9.91. The smallest absolute Gasteiger partial charge is 0.246 e. The van der Waals surface area contributed by atoms with Crippen LogP contribution in [-0.2, 0) is 14.3 Å².